The first-order valence-corrected chi connectivity index (χ1v) is 8.04. The molecule has 0 bridgehead atoms. The molecule has 0 aliphatic rings. The summed E-state index contributed by atoms with van der Waals surface area (Å²) in [5, 5.41) is 12.5. The molecule has 132 valence electrons. The maximum absolute atomic E-state index is 5.49. The van der Waals surface area contributed by atoms with Gasteiger partial charge in [-0.15, -0.1) is 0 Å². The molecular weight excluding hydrogens is 332 g/mol. The number of hydrogen-bond acceptors (Lipinski definition) is 6. The van der Waals surface area contributed by atoms with Gasteiger partial charge < -0.3 is 19.5 Å². The van der Waals surface area contributed by atoms with Gasteiger partial charge in [0, 0.05) is 10.8 Å². The number of H-pyrrole nitrogens is 1. The molecule has 2 N–H and O–H groups in total. The predicted octanol–water partition coefficient (Wildman–Crippen LogP) is 3.88. The van der Waals surface area contributed by atoms with Crippen molar-refractivity contribution in [3.63, 3.8) is 0 Å². The maximum atomic E-state index is 5.49. The normalized spacial score (nSPS) is 10.9. The Bertz CT molecular complexity index is 1090. The number of rotatable bonds is 5. The van der Waals surface area contributed by atoms with E-state index in [0.717, 1.165) is 33.2 Å². The van der Waals surface area contributed by atoms with Crippen LogP contribution in [-0.4, -0.2) is 36.5 Å². The minimum atomic E-state index is 0.610. The number of ether oxygens (including phenoxy) is 3. The summed E-state index contributed by atoms with van der Waals surface area (Å²) in [5.41, 5.74) is 2.39. The largest absolute Gasteiger partial charge is 0.497 e. The van der Waals surface area contributed by atoms with E-state index in [1.165, 1.54) is 0 Å². The van der Waals surface area contributed by atoms with E-state index in [2.05, 4.69) is 15.5 Å². The molecule has 26 heavy (non-hydrogen) atoms. The Hall–Kier alpha value is -3.48. The molecule has 0 fully saturated rings. The van der Waals surface area contributed by atoms with Gasteiger partial charge in [-0.1, -0.05) is 6.07 Å². The molecule has 0 spiro atoms. The molecule has 4 aromatic rings. The summed E-state index contributed by atoms with van der Waals surface area (Å²) in [6, 6.07) is 11.4. The number of para-hydroxylation sites is 1. The molecule has 4 rings (SSSR count). The summed E-state index contributed by atoms with van der Waals surface area (Å²) >= 11 is 0. The Balaban J connectivity index is 1.88. The lowest BCUT2D eigenvalue weighted by Crippen LogP contribution is -2.00. The van der Waals surface area contributed by atoms with Crippen molar-refractivity contribution in [2.24, 2.45) is 0 Å². The van der Waals surface area contributed by atoms with Crippen LogP contribution in [-0.2, 0) is 0 Å². The van der Waals surface area contributed by atoms with Crippen LogP contribution in [0.4, 0.5) is 11.5 Å². The molecule has 0 unspecified atom stereocenters. The van der Waals surface area contributed by atoms with Gasteiger partial charge in [-0.3, -0.25) is 5.10 Å². The summed E-state index contributed by atoms with van der Waals surface area (Å²) in [7, 11) is 4.86. The third-order valence-electron chi connectivity index (χ3n) is 4.26. The Kier molecular flexibility index (Phi) is 3.96. The fourth-order valence-corrected chi connectivity index (χ4v) is 3.01. The number of aromatic nitrogens is 3. The van der Waals surface area contributed by atoms with E-state index in [0.29, 0.717) is 17.3 Å². The smallest absolute Gasteiger partial charge is 0.184 e. The van der Waals surface area contributed by atoms with Gasteiger partial charge in [-0.25, -0.2) is 4.98 Å². The van der Waals surface area contributed by atoms with Gasteiger partial charge in [0.25, 0.3) is 0 Å². The second-order valence-electron chi connectivity index (χ2n) is 5.67. The van der Waals surface area contributed by atoms with E-state index in [1.54, 1.807) is 27.5 Å². The summed E-state index contributed by atoms with van der Waals surface area (Å²) in [5.74, 6) is 2.68. The fourth-order valence-electron chi connectivity index (χ4n) is 3.01. The van der Waals surface area contributed by atoms with Crippen LogP contribution in [0.1, 0.15) is 0 Å². The van der Waals surface area contributed by atoms with Crippen LogP contribution in [0.5, 0.6) is 17.2 Å². The Morgan fingerprint density at radius 3 is 2.62 bits per heavy atom. The number of fused-ring (bicyclic) bond motifs is 3. The molecule has 0 amide bonds. The molecule has 0 radical (unpaired) electrons. The Labute approximate surface area is 149 Å². The highest BCUT2D eigenvalue weighted by molar-refractivity contribution is 6.09. The second-order valence-corrected chi connectivity index (χ2v) is 5.67. The van der Waals surface area contributed by atoms with Gasteiger partial charge in [0.05, 0.1) is 38.7 Å². The Morgan fingerprint density at radius 1 is 0.962 bits per heavy atom. The van der Waals surface area contributed by atoms with Crippen molar-refractivity contribution < 1.29 is 14.2 Å². The average molecular weight is 350 g/mol. The van der Waals surface area contributed by atoms with Crippen molar-refractivity contribution in [2.45, 2.75) is 0 Å². The van der Waals surface area contributed by atoms with Gasteiger partial charge in [-0.05, 0) is 30.3 Å². The first-order valence-electron chi connectivity index (χ1n) is 8.04. The molecule has 2 aromatic carbocycles. The predicted molar refractivity (Wildman–Crippen MR) is 101 cm³/mol. The highest BCUT2D eigenvalue weighted by Gasteiger charge is 2.15. The van der Waals surface area contributed by atoms with E-state index < -0.39 is 0 Å². The van der Waals surface area contributed by atoms with Crippen LogP contribution in [0.25, 0.3) is 21.8 Å². The number of aromatic amines is 1. The number of pyridine rings is 1. The number of nitrogens with zero attached hydrogens (tertiary/aromatic N) is 2. The molecule has 0 aliphatic carbocycles. The van der Waals surface area contributed by atoms with Crippen LogP contribution < -0.4 is 19.5 Å². The van der Waals surface area contributed by atoms with Crippen LogP contribution in [0.2, 0.25) is 0 Å². The standard InChI is InChI=1S/C19H18N4O3/c1-24-11-7-8-14-12(9-11)13-10-20-23-17(13)19(21-14)22-15-5-4-6-16(25-2)18(15)26-3/h4-10H,1-3H3,(H,20,23)(H,21,22). The monoisotopic (exact) mass is 350 g/mol. The molecule has 7 nitrogen and oxygen atoms in total. The number of nitrogens with one attached hydrogen (secondary N) is 2. The highest BCUT2D eigenvalue weighted by atomic mass is 16.5. The van der Waals surface area contributed by atoms with Crippen LogP contribution in [0.15, 0.2) is 42.6 Å². The maximum Gasteiger partial charge on any atom is 0.184 e. The zero-order chi connectivity index (χ0) is 18.1. The number of hydrogen-bond donors (Lipinski definition) is 2. The highest BCUT2D eigenvalue weighted by Crippen LogP contribution is 2.38. The zero-order valence-electron chi connectivity index (χ0n) is 14.7. The van der Waals surface area contributed by atoms with Crippen molar-refractivity contribution in [1.29, 1.82) is 0 Å². The van der Waals surface area contributed by atoms with E-state index in [4.69, 9.17) is 19.2 Å². The third kappa shape index (κ3) is 2.54. The number of benzene rings is 2. The van der Waals surface area contributed by atoms with Crippen molar-refractivity contribution in [3.8, 4) is 17.2 Å². The van der Waals surface area contributed by atoms with E-state index in [1.807, 2.05) is 36.4 Å². The number of anilines is 2. The molecule has 2 heterocycles. The van der Waals surface area contributed by atoms with Crippen LogP contribution >= 0.6 is 0 Å². The van der Waals surface area contributed by atoms with Crippen molar-refractivity contribution in [2.75, 3.05) is 26.6 Å². The molecule has 2 aromatic heterocycles. The lowest BCUT2D eigenvalue weighted by molar-refractivity contribution is 0.356. The lowest BCUT2D eigenvalue weighted by Gasteiger charge is -2.14. The molecule has 0 aliphatic heterocycles. The average Bonchev–Trinajstić information content (AvgIpc) is 3.18. The SMILES string of the molecule is COc1ccc2nc(Nc3cccc(OC)c3OC)c3[nH]ncc3c2c1. The molecule has 0 saturated heterocycles. The van der Waals surface area contributed by atoms with Gasteiger partial charge in [0.1, 0.15) is 11.3 Å². The topological polar surface area (TPSA) is 81.3 Å². The zero-order valence-corrected chi connectivity index (χ0v) is 14.7. The molecule has 0 atom stereocenters. The lowest BCUT2D eigenvalue weighted by atomic mass is 10.1. The van der Waals surface area contributed by atoms with Gasteiger partial charge in [-0.2, -0.15) is 5.10 Å². The summed E-state index contributed by atoms with van der Waals surface area (Å²) < 4.78 is 16.2. The first-order chi connectivity index (χ1) is 12.7. The summed E-state index contributed by atoms with van der Waals surface area (Å²) in [6.07, 6.45) is 1.78. The Morgan fingerprint density at radius 2 is 1.85 bits per heavy atom. The van der Waals surface area contributed by atoms with Crippen molar-refractivity contribution in [1.82, 2.24) is 15.2 Å². The van der Waals surface area contributed by atoms with Gasteiger partial charge in [0.15, 0.2) is 17.3 Å². The summed E-state index contributed by atoms with van der Waals surface area (Å²) in [6.45, 7) is 0. The second kappa shape index (κ2) is 6.44. The minimum absolute atomic E-state index is 0.610. The first kappa shape index (κ1) is 16.0. The number of methoxy groups -OCH3 is 3. The van der Waals surface area contributed by atoms with Crippen molar-refractivity contribution >= 4 is 33.3 Å². The third-order valence-corrected chi connectivity index (χ3v) is 4.26. The van der Waals surface area contributed by atoms with E-state index >= 15 is 0 Å². The van der Waals surface area contributed by atoms with E-state index in [-0.39, 0.29) is 0 Å². The molecule has 7 heteroatoms. The summed E-state index contributed by atoms with van der Waals surface area (Å²) in [4.78, 5) is 4.74. The van der Waals surface area contributed by atoms with Crippen LogP contribution in [0.3, 0.4) is 0 Å². The molecular formula is C19H18N4O3. The minimum Gasteiger partial charge on any atom is -0.497 e. The van der Waals surface area contributed by atoms with Gasteiger partial charge in [0.2, 0.25) is 0 Å². The van der Waals surface area contributed by atoms with Crippen molar-refractivity contribution in [3.05, 3.63) is 42.6 Å². The molecule has 0 saturated carbocycles. The quantitative estimate of drug-likeness (QED) is 0.568. The van der Waals surface area contributed by atoms with Crippen LogP contribution in [0, 0.1) is 0 Å². The van der Waals surface area contributed by atoms with Gasteiger partial charge >= 0.3 is 0 Å². The fraction of sp³-hybridized carbons (Fsp3) is 0.158. The van der Waals surface area contributed by atoms with E-state index in [9.17, 15) is 0 Å².